The summed E-state index contributed by atoms with van der Waals surface area (Å²) < 4.78 is 3.18. The summed E-state index contributed by atoms with van der Waals surface area (Å²) >= 11 is 7.57. The Morgan fingerprint density at radius 3 is 2.30 bits per heavy atom. The molecular weight excluding hydrogens is 418 g/mol. The number of halogens is 1. The van der Waals surface area contributed by atoms with Crippen LogP contribution in [0.5, 0.6) is 0 Å². The van der Waals surface area contributed by atoms with E-state index in [-0.39, 0.29) is 11.6 Å². The van der Waals surface area contributed by atoms with Gasteiger partial charge in [-0.05, 0) is 49.4 Å². The summed E-state index contributed by atoms with van der Waals surface area (Å²) in [4.78, 5) is 27.2. The minimum Gasteiger partial charge on any atom is -0.321 e. The molecule has 0 radical (unpaired) electrons. The Hall–Kier alpha value is -2.96. The van der Waals surface area contributed by atoms with E-state index >= 15 is 0 Å². The van der Waals surface area contributed by atoms with Crippen LogP contribution in [0.3, 0.4) is 0 Å². The van der Waals surface area contributed by atoms with Gasteiger partial charge in [0, 0.05) is 34.5 Å². The molecule has 0 fully saturated rings. The summed E-state index contributed by atoms with van der Waals surface area (Å²) in [5.74, 6) is -0.261. The first-order chi connectivity index (χ1) is 14.3. The molecule has 152 valence electrons. The second kappa shape index (κ2) is 8.05. The normalized spacial score (nSPS) is 11.1. The van der Waals surface area contributed by atoms with Gasteiger partial charge in [-0.25, -0.2) is 4.79 Å². The number of hydrogen-bond acceptors (Lipinski definition) is 3. The maximum Gasteiger partial charge on any atom is 0.328 e. The van der Waals surface area contributed by atoms with Crippen LogP contribution in [-0.4, -0.2) is 15.0 Å². The van der Waals surface area contributed by atoms with Gasteiger partial charge in [-0.2, -0.15) is 0 Å². The van der Waals surface area contributed by atoms with Crippen LogP contribution in [0.1, 0.15) is 15.9 Å². The van der Waals surface area contributed by atoms with Crippen molar-refractivity contribution < 1.29 is 4.79 Å². The van der Waals surface area contributed by atoms with Crippen molar-refractivity contribution in [1.82, 2.24) is 9.13 Å². The lowest BCUT2D eigenvalue weighted by Crippen LogP contribution is -2.19. The number of hydrogen-bond donors (Lipinski definition) is 1. The summed E-state index contributed by atoms with van der Waals surface area (Å²) in [5, 5.41) is 3.49. The Labute approximate surface area is 183 Å². The summed E-state index contributed by atoms with van der Waals surface area (Å²) in [6.45, 7) is 2.04. The molecule has 0 bridgehead atoms. The van der Waals surface area contributed by atoms with Crippen molar-refractivity contribution in [2.75, 3.05) is 5.32 Å². The molecule has 1 N–H and O–H groups in total. The average Bonchev–Trinajstić information content (AvgIpc) is 2.93. The summed E-state index contributed by atoms with van der Waals surface area (Å²) in [5.41, 5.74) is 3.72. The molecule has 5 nitrogen and oxygen atoms in total. The zero-order valence-electron chi connectivity index (χ0n) is 16.8. The molecule has 0 spiro atoms. The van der Waals surface area contributed by atoms with Gasteiger partial charge in [0.25, 0.3) is 5.91 Å². The summed E-state index contributed by atoms with van der Waals surface area (Å²) in [7, 11) is 3.47. The Morgan fingerprint density at radius 2 is 1.63 bits per heavy atom. The Balaban J connectivity index is 1.80. The zero-order chi connectivity index (χ0) is 21.4. The zero-order valence-corrected chi connectivity index (χ0v) is 18.3. The van der Waals surface area contributed by atoms with Crippen molar-refractivity contribution in [1.29, 1.82) is 0 Å². The van der Waals surface area contributed by atoms with Gasteiger partial charge >= 0.3 is 5.69 Å². The SMILES string of the molecule is Cc1ccc(Sc2cc3c(cc2NC(=O)c2cccc(Cl)c2)n(C)c(=O)n3C)cc1. The number of aryl methyl sites for hydroxylation is 3. The van der Waals surface area contributed by atoms with Crippen molar-refractivity contribution in [2.45, 2.75) is 16.7 Å². The van der Waals surface area contributed by atoms with Crippen LogP contribution in [0.15, 0.2) is 75.2 Å². The minimum atomic E-state index is -0.261. The Kier molecular flexibility index (Phi) is 5.45. The van der Waals surface area contributed by atoms with Gasteiger partial charge in [0.05, 0.1) is 16.7 Å². The number of rotatable bonds is 4. The molecule has 1 aromatic heterocycles. The third kappa shape index (κ3) is 3.88. The first-order valence-electron chi connectivity index (χ1n) is 9.34. The second-order valence-corrected chi connectivity index (χ2v) is 8.67. The van der Waals surface area contributed by atoms with Gasteiger partial charge < -0.3 is 5.32 Å². The second-order valence-electron chi connectivity index (χ2n) is 7.12. The van der Waals surface area contributed by atoms with Crippen LogP contribution in [0.4, 0.5) is 5.69 Å². The van der Waals surface area contributed by atoms with Gasteiger partial charge in [-0.1, -0.05) is 47.1 Å². The van der Waals surface area contributed by atoms with Crippen LogP contribution in [0.25, 0.3) is 11.0 Å². The first-order valence-corrected chi connectivity index (χ1v) is 10.5. The van der Waals surface area contributed by atoms with E-state index in [1.54, 1.807) is 47.5 Å². The maximum absolute atomic E-state index is 12.9. The number of anilines is 1. The molecule has 1 heterocycles. The van der Waals surface area contributed by atoms with E-state index in [0.29, 0.717) is 16.3 Å². The highest BCUT2D eigenvalue weighted by Gasteiger charge is 2.16. The summed E-state index contributed by atoms with van der Waals surface area (Å²) in [6.07, 6.45) is 0. The number of fused-ring (bicyclic) bond motifs is 1. The smallest absolute Gasteiger partial charge is 0.321 e. The topological polar surface area (TPSA) is 56.0 Å². The number of carbonyl (C=O) groups is 1. The first kappa shape index (κ1) is 20.3. The largest absolute Gasteiger partial charge is 0.328 e. The van der Waals surface area contributed by atoms with Crippen LogP contribution in [-0.2, 0) is 14.1 Å². The average molecular weight is 438 g/mol. The highest BCUT2D eigenvalue weighted by Crippen LogP contribution is 2.36. The van der Waals surface area contributed by atoms with Gasteiger partial charge in [0.1, 0.15) is 0 Å². The number of benzene rings is 3. The third-order valence-corrected chi connectivity index (χ3v) is 6.26. The number of amides is 1. The van der Waals surface area contributed by atoms with E-state index in [4.69, 9.17) is 11.6 Å². The van der Waals surface area contributed by atoms with Crippen LogP contribution in [0.2, 0.25) is 5.02 Å². The van der Waals surface area contributed by atoms with Gasteiger partial charge in [0.15, 0.2) is 0 Å². The molecule has 0 aliphatic carbocycles. The van der Waals surface area contributed by atoms with Crippen molar-refractivity contribution in [3.8, 4) is 0 Å². The predicted octanol–water partition coefficient (Wildman–Crippen LogP) is 5.24. The molecule has 0 saturated heterocycles. The quantitative estimate of drug-likeness (QED) is 0.475. The number of carbonyl (C=O) groups excluding carboxylic acids is 1. The van der Waals surface area contributed by atoms with Crippen molar-refractivity contribution in [3.63, 3.8) is 0 Å². The predicted molar refractivity (Wildman–Crippen MR) is 123 cm³/mol. The van der Waals surface area contributed by atoms with E-state index in [0.717, 1.165) is 20.8 Å². The highest BCUT2D eigenvalue weighted by molar-refractivity contribution is 7.99. The minimum absolute atomic E-state index is 0.116. The lowest BCUT2D eigenvalue weighted by Gasteiger charge is -2.13. The van der Waals surface area contributed by atoms with E-state index in [2.05, 4.69) is 5.32 Å². The molecule has 30 heavy (non-hydrogen) atoms. The lowest BCUT2D eigenvalue weighted by molar-refractivity contribution is 0.102. The van der Waals surface area contributed by atoms with Gasteiger partial charge in [-0.3, -0.25) is 13.9 Å². The molecule has 7 heteroatoms. The molecule has 0 aliphatic heterocycles. The Morgan fingerprint density at radius 1 is 0.967 bits per heavy atom. The van der Waals surface area contributed by atoms with E-state index in [1.165, 1.54) is 17.3 Å². The molecule has 4 aromatic rings. The standard InChI is InChI=1S/C23H20ClN3O2S/c1-14-7-9-17(10-8-14)30-21-13-20-19(26(2)23(29)27(20)3)12-18(21)25-22(28)15-5-4-6-16(24)11-15/h4-13H,1-3H3,(H,25,28). The monoisotopic (exact) mass is 437 g/mol. The number of aromatic nitrogens is 2. The van der Waals surface area contributed by atoms with E-state index in [9.17, 15) is 9.59 Å². The molecule has 0 unspecified atom stereocenters. The number of imidazole rings is 1. The highest BCUT2D eigenvalue weighted by atomic mass is 35.5. The van der Waals surface area contributed by atoms with Crippen molar-refractivity contribution in [2.24, 2.45) is 14.1 Å². The fraction of sp³-hybridized carbons (Fsp3) is 0.130. The van der Waals surface area contributed by atoms with Crippen LogP contribution >= 0.6 is 23.4 Å². The van der Waals surface area contributed by atoms with Crippen molar-refractivity contribution >= 4 is 46.0 Å². The third-order valence-electron chi connectivity index (χ3n) is 4.96. The van der Waals surface area contributed by atoms with Crippen molar-refractivity contribution in [3.05, 3.63) is 87.3 Å². The van der Waals surface area contributed by atoms with Crippen LogP contribution < -0.4 is 11.0 Å². The maximum atomic E-state index is 12.9. The molecule has 0 atom stereocenters. The fourth-order valence-corrected chi connectivity index (χ4v) is 4.37. The number of nitrogens with one attached hydrogen (secondary N) is 1. The fourth-order valence-electron chi connectivity index (χ4n) is 3.27. The van der Waals surface area contributed by atoms with Crippen LogP contribution in [0, 0.1) is 6.92 Å². The molecule has 4 rings (SSSR count). The number of nitrogens with zero attached hydrogens (tertiary/aromatic N) is 2. The molecule has 1 amide bonds. The molecule has 0 saturated carbocycles. The molecular formula is C23H20ClN3O2S. The lowest BCUT2D eigenvalue weighted by atomic mass is 10.2. The van der Waals surface area contributed by atoms with Gasteiger partial charge in [-0.15, -0.1) is 0 Å². The molecule has 3 aromatic carbocycles. The summed E-state index contributed by atoms with van der Waals surface area (Å²) in [6, 6.07) is 18.8. The van der Waals surface area contributed by atoms with E-state index < -0.39 is 0 Å². The van der Waals surface area contributed by atoms with Gasteiger partial charge in [0.2, 0.25) is 0 Å². The molecule has 0 aliphatic rings. The Bertz CT molecular complexity index is 1320. The van der Waals surface area contributed by atoms with E-state index in [1.807, 2.05) is 43.3 Å².